The molecule has 0 aliphatic rings. The van der Waals surface area contributed by atoms with Crippen LogP contribution in [0.2, 0.25) is 10.0 Å². The second-order valence-corrected chi connectivity index (χ2v) is 6.45. The molecule has 0 saturated heterocycles. The van der Waals surface area contributed by atoms with Crippen LogP contribution >= 0.6 is 23.2 Å². The molecule has 1 heterocycles. The van der Waals surface area contributed by atoms with E-state index >= 15 is 0 Å². The van der Waals surface area contributed by atoms with Gasteiger partial charge in [0, 0.05) is 33.9 Å². The summed E-state index contributed by atoms with van der Waals surface area (Å²) in [5, 5.41) is 12.7. The number of hydrogen-bond acceptors (Lipinski definition) is 3. The van der Waals surface area contributed by atoms with E-state index in [0.29, 0.717) is 28.6 Å². The molecular formula is C20H21Cl2NO2. The van der Waals surface area contributed by atoms with Gasteiger partial charge in [0.05, 0.1) is 6.61 Å². The third kappa shape index (κ3) is 4.06. The van der Waals surface area contributed by atoms with Crippen molar-refractivity contribution in [3.05, 3.63) is 88.9 Å². The maximum absolute atomic E-state index is 11.7. The van der Waals surface area contributed by atoms with Gasteiger partial charge in [-0.25, -0.2) is 0 Å². The fraction of sp³-hybridized carbons (Fsp3) is 0.250. The van der Waals surface area contributed by atoms with Gasteiger partial charge in [-0.1, -0.05) is 48.0 Å². The molecule has 0 aliphatic carbocycles. The second kappa shape index (κ2) is 8.52. The molecule has 1 aromatic heterocycles. The molecular weight excluding hydrogens is 357 g/mol. The number of aliphatic hydroxyl groups is 1. The lowest BCUT2D eigenvalue weighted by atomic mass is 9.75. The number of allylic oxidation sites excluding steroid dienone is 1. The molecule has 0 fully saturated rings. The third-order valence-electron chi connectivity index (χ3n) is 4.09. The van der Waals surface area contributed by atoms with Gasteiger partial charge in [0.15, 0.2) is 5.60 Å². The normalized spacial score (nSPS) is 14.4. The van der Waals surface area contributed by atoms with E-state index in [0.717, 1.165) is 5.56 Å². The van der Waals surface area contributed by atoms with Gasteiger partial charge in [0.1, 0.15) is 5.76 Å². The van der Waals surface area contributed by atoms with Crippen molar-refractivity contribution in [2.75, 3.05) is 6.61 Å². The van der Waals surface area contributed by atoms with Gasteiger partial charge in [-0.05, 0) is 37.1 Å². The minimum atomic E-state index is -1.52. The lowest BCUT2D eigenvalue weighted by Gasteiger charge is -2.37. The van der Waals surface area contributed by atoms with Crippen LogP contribution in [-0.2, 0) is 10.3 Å². The fourth-order valence-corrected chi connectivity index (χ4v) is 3.44. The van der Waals surface area contributed by atoms with Crippen LogP contribution in [0.1, 0.15) is 30.4 Å². The molecule has 1 N–H and O–H groups in total. The SMILES string of the molecule is C=CCC(c1ccc(Cl)cc1Cl)C(O)(C(=C)OCC)c1cccnc1. The lowest BCUT2D eigenvalue weighted by Crippen LogP contribution is -2.36. The first-order valence-corrected chi connectivity index (χ1v) is 8.71. The van der Waals surface area contributed by atoms with Crippen molar-refractivity contribution >= 4 is 23.2 Å². The average molecular weight is 378 g/mol. The monoisotopic (exact) mass is 377 g/mol. The van der Waals surface area contributed by atoms with Crippen molar-refractivity contribution in [2.45, 2.75) is 24.9 Å². The molecule has 2 rings (SSSR count). The van der Waals surface area contributed by atoms with Gasteiger partial charge in [-0.3, -0.25) is 4.98 Å². The lowest BCUT2D eigenvalue weighted by molar-refractivity contribution is -0.0130. The number of rotatable bonds is 8. The molecule has 0 amide bonds. The molecule has 2 aromatic rings. The Labute approximate surface area is 158 Å². The smallest absolute Gasteiger partial charge is 0.154 e. The van der Waals surface area contributed by atoms with E-state index in [4.69, 9.17) is 27.9 Å². The summed E-state index contributed by atoms with van der Waals surface area (Å²) in [5.41, 5.74) is -0.208. The number of hydrogen-bond donors (Lipinski definition) is 1. The summed E-state index contributed by atoms with van der Waals surface area (Å²) in [6, 6.07) is 8.75. The summed E-state index contributed by atoms with van der Waals surface area (Å²) >= 11 is 12.4. The molecule has 3 nitrogen and oxygen atoms in total. The van der Waals surface area contributed by atoms with Crippen LogP contribution in [0, 0.1) is 0 Å². The number of pyridine rings is 1. The Kier molecular flexibility index (Phi) is 6.65. The molecule has 0 bridgehead atoms. The Morgan fingerprint density at radius 1 is 1.40 bits per heavy atom. The Morgan fingerprint density at radius 2 is 2.16 bits per heavy atom. The molecule has 0 radical (unpaired) electrons. The summed E-state index contributed by atoms with van der Waals surface area (Å²) in [6.07, 6.45) is 5.43. The van der Waals surface area contributed by atoms with Crippen molar-refractivity contribution in [3.63, 3.8) is 0 Å². The molecule has 0 saturated carbocycles. The molecule has 0 spiro atoms. The zero-order valence-corrected chi connectivity index (χ0v) is 15.6. The van der Waals surface area contributed by atoms with E-state index in [2.05, 4.69) is 18.1 Å². The summed E-state index contributed by atoms with van der Waals surface area (Å²) in [7, 11) is 0. The number of halogens is 2. The summed E-state index contributed by atoms with van der Waals surface area (Å²) in [5.74, 6) is -0.223. The van der Waals surface area contributed by atoms with Crippen molar-refractivity contribution < 1.29 is 9.84 Å². The molecule has 2 atom stereocenters. The van der Waals surface area contributed by atoms with E-state index in [1.54, 1.807) is 48.8 Å². The maximum Gasteiger partial charge on any atom is 0.154 e. The van der Waals surface area contributed by atoms with E-state index < -0.39 is 11.5 Å². The van der Waals surface area contributed by atoms with Gasteiger partial charge in [0.25, 0.3) is 0 Å². The quantitative estimate of drug-likeness (QED) is 0.488. The summed E-state index contributed by atoms with van der Waals surface area (Å²) in [6.45, 7) is 10.0. The Balaban J connectivity index is 2.66. The number of aromatic nitrogens is 1. The van der Waals surface area contributed by atoms with Gasteiger partial charge >= 0.3 is 0 Å². The van der Waals surface area contributed by atoms with Gasteiger partial charge in [-0.15, -0.1) is 6.58 Å². The van der Waals surface area contributed by atoms with E-state index in [1.807, 2.05) is 6.92 Å². The van der Waals surface area contributed by atoms with Crippen LogP contribution in [0.25, 0.3) is 0 Å². The van der Waals surface area contributed by atoms with Crippen LogP contribution in [0.3, 0.4) is 0 Å². The third-order valence-corrected chi connectivity index (χ3v) is 4.65. The van der Waals surface area contributed by atoms with Crippen LogP contribution in [-0.4, -0.2) is 16.7 Å². The molecule has 1 aromatic carbocycles. The zero-order valence-electron chi connectivity index (χ0n) is 14.1. The van der Waals surface area contributed by atoms with Crippen molar-refractivity contribution in [2.24, 2.45) is 0 Å². The van der Waals surface area contributed by atoms with Crippen molar-refractivity contribution in [1.82, 2.24) is 4.98 Å². The van der Waals surface area contributed by atoms with E-state index in [9.17, 15) is 5.11 Å². The van der Waals surface area contributed by atoms with Crippen LogP contribution < -0.4 is 0 Å². The van der Waals surface area contributed by atoms with Gasteiger partial charge in [0.2, 0.25) is 0 Å². The fourth-order valence-electron chi connectivity index (χ4n) is 2.90. The number of ether oxygens (including phenoxy) is 1. The first-order valence-electron chi connectivity index (χ1n) is 7.96. The van der Waals surface area contributed by atoms with E-state index in [-0.39, 0.29) is 5.76 Å². The number of benzene rings is 1. The topological polar surface area (TPSA) is 42.4 Å². The zero-order chi connectivity index (χ0) is 18.4. The highest BCUT2D eigenvalue weighted by atomic mass is 35.5. The highest BCUT2D eigenvalue weighted by molar-refractivity contribution is 6.35. The summed E-state index contributed by atoms with van der Waals surface area (Å²) < 4.78 is 5.60. The van der Waals surface area contributed by atoms with Crippen molar-refractivity contribution in [1.29, 1.82) is 0 Å². The Hall–Kier alpha value is -1.81. The van der Waals surface area contributed by atoms with Crippen LogP contribution in [0.4, 0.5) is 0 Å². The minimum Gasteiger partial charge on any atom is -0.495 e. The predicted octanol–water partition coefficient (Wildman–Crippen LogP) is 5.49. The molecule has 2 unspecified atom stereocenters. The first-order chi connectivity index (χ1) is 11.9. The first kappa shape index (κ1) is 19.5. The highest BCUT2D eigenvalue weighted by Crippen LogP contribution is 2.46. The van der Waals surface area contributed by atoms with E-state index in [1.165, 1.54) is 0 Å². The predicted molar refractivity (Wildman–Crippen MR) is 103 cm³/mol. The van der Waals surface area contributed by atoms with Gasteiger partial charge in [-0.2, -0.15) is 0 Å². The standard InChI is InChI=1S/C20H21Cl2NO2/c1-4-7-18(17-10-9-16(21)12-19(17)22)20(24,14(3)25-5-2)15-8-6-11-23-13-15/h4,6,8-13,18,24H,1,3,5,7H2,2H3. The highest BCUT2D eigenvalue weighted by Gasteiger charge is 2.44. The maximum atomic E-state index is 11.7. The molecule has 132 valence electrons. The van der Waals surface area contributed by atoms with Gasteiger partial charge < -0.3 is 9.84 Å². The van der Waals surface area contributed by atoms with Crippen molar-refractivity contribution in [3.8, 4) is 0 Å². The summed E-state index contributed by atoms with van der Waals surface area (Å²) in [4.78, 5) is 4.13. The Bertz CT molecular complexity index is 749. The number of nitrogens with zero attached hydrogens (tertiary/aromatic N) is 1. The van der Waals surface area contributed by atoms with Crippen LogP contribution in [0.5, 0.6) is 0 Å². The minimum absolute atomic E-state index is 0.237. The molecule has 0 aliphatic heterocycles. The molecule has 5 heteroatoms. The largest absolute Gasteiger partial charge is 0.495 e. The average Bonchev–Trinajstić information content (AvgIpc) is 2.60. The molecule has 25 heavy (non-hydrogen) atoms. The Morgan fingerprint density at radius 3 is 2.72 bits per heavy atom. The van der Waals surface area contributed by atoms with Crippen LogP contribution in [0.15, 0.2) is 67.7 Å². The second-order valence-electron chi connectivity index (χ2n) is 5.61.